The quantitative estimate of drug-likeness (QED) is 0.604. The van der Waals surface area contributed by atoms with E-state index in [0.717, 1.165) is 64.4 Å². The molecular formula is C18H35N5O. The Morgan fingerprint density at radius 2 is 1.96 bits per heavy atom. The number of nitrogens with zero attached hydrogens (tertiary/aromatic N) is 4. The summed E-state index contributed by atoms with van der Waals surface area (Å²) >= 11 is 0. The van der Waals surface area contributed by atoms with E-state index < -0.39 is 0 Å². The van der Waals surface area contributed by atoms with Gasteiger partial charge < -0.3 is 19.9 Å². The second-order valence-corrected chi connectivity index (χ2v) is 7.50. The molecule has 0 amide bonds. The van der Waals surface area contributed by atoms with Crippen LogP contribution in [0.15, 0.2) is 4.99 Å². The Labute approximate surface area is 147 Å². The molecule has 6 nitrogen and oxygen atoms in total. The molecule has 3 fully saturated rings. The summed E-state index contributed by atoms with van der Waals surface area (Å²) in [7, 11) is 2.23. The second-order valence-electron chi connectivity index (χ2n) is 7.50. The van der Waals surface area contributed by atoms with Crippen LogP contribution in [-0.2, 0) is 4.74 Å². The van der Waals surface area contributed by atoms with Crippen LogP contribution in [0.25, 0.3) is 0 Å². The Bertz CT molecular complexity index is 410. The van der Waals surface area contributed by atoms with E-state index in [1.54, 1.807) is 0 Å². The van der Waals surface area contributed by atoms with Crippen LogP contribution in [0.1, 0.15) is 26.2 Å². The lowest BCUT2D eigenvalue weighted by Gasteiger charge is -2.32. The zero-order valence-corrected chi connectivity index (χ0v) is 15.5. The normalized spacial score (nSPS) is 30.8. The third-order valence-corrected chi connectivity index (χ3v) is 5.58. The van der Waals surface area contributed by atoms with Gasteiger partial charge in [-0.15, -0.1) is 0 Å². The van der Waals surface area contributed by atoms with Gasteiger partial charge in [0.15, 0.2) is 5.96 Å². The summed E-state index contributed by atoms with van der Waals surface area (Å²) in [6.45, 7) is 12.7. The summed E-state index contributed by atoms with van der Waals surface area (Å²) in [6, 6.07) is 0.665. The molecule has 0 aromatic rings. The van der Waals surface area contributed by atoms with Crippen molar-refractivity contribution in [3.8, 4) is 0 Å². The highest BCUT2D eigenvalue weighted by molar-refractivity contribution is 5.80. The largest absolute Gasteiger partial charge is 0.379 e. The minimum atomic E-state index is 0.665. The number of likely N-dealkylation sites (tertiary alicyclic amines) is 2. The Balaban J connectivity index is 1.53. The molecule has 1 N–H and O–H groups in total. The van der Waals surface area contributed by atoms with Crippen LogP contribution in [0, 0.1) is 5.92 Å². The van der Waals surface area contributed by atoms with E-state index in [-0.39, 0.29) is 0 Å². The summed E-state index contributed by atoms with van der Waals surface area (Å²) in [4.78, 5) is 12.5. The van der Waals surface area contributed by atoms with E-state index in [4.69, 9.17) is 9.73 Å². The molecule has 0 saturated carbocycles. The van der Waals surface area contributed by atoms with Gasteiger partial charge in [-0.3, -0.25) is 9.89 Å². The predicted molar refractivity (Wildman–Crippen MR) is 98.6 cm³/mol. The summed E-state index contributed by atoms with van der Waals surface area (Å²) < 4.78 is 5.49. The number of nitrogens with one attached hydrogen (secondary N) is 1. The van der Waals surface area contributed by atoms with Gasteiger partial charge in [-0.25, -0.2) is 0 Å². The number of piperidine rings is 1. The fourth-order valence-corrected chi connectivity index (χ4v) is 4.24. The molecule has 0 spiro atoms. The van der Waals surface area contributed by atoms with E-state index in [2.05, 4.69) is 34.0 Å². The summed E-state index contributed by atoms with van der Waals surface area (Å²) in [5.41, 5.74) is 0. The highest BCUT2D eigenvalue weighted by Gasteiger charge is 2.30. The van der Waals surface area contributed by atoms with Gasteiger partial charge in [-0.05, 0) is 45.7 Å². The summed E-state index contributed by atoms with van der Waals surface area (Å²) in [5.74, 6) is 1.84. The van der Waals surface area contributed by atoms with Gasteiger partial charge >= 0.3 is 0 Å². The number of hydrogen-bond donors (Lipinski definition) is 1. The molecule has 3 saturated heterocycles. The van der Waals surface area contributed by atoms with Crippen LogP contribution < -0.4 is 5.32 Å². The molecule has 3 aliphatic rings. The van der Waals surface area contributed by atoms with Crippen LogP contribution in [0.5, 0.6) is 0 Å². The topological polar surface area (TPSA) is 43.3 Å². The smallest absolute Gasteiger partial charge is 0.193 e. The van der Waals surface area contributed by atoms with Crippen LogP contribution in [0.4, 0.5) is 0 Å². The molecule has 3 heterocycles. The summed E-state index contributed by atoms with van der Waals surface area (Å²) in [5, 5.41) is 3.52. The fourth-order valence-electron chi connectivity index (χ4n) is 4.24. The Morgan fingerprint density at radius 1 is 1.12 bits per heavy atom. The van der Waals surface area contributed by atoms with Crippen molar-refractivity contribution in [1.29, 1.82) is 0 Å². The van der Waals surface area contributed by atoms with Gasteiger partial charge in [0.05, 0.1) is 13.2 Å². The van der Waals surface area contributed by atoms with Crippen molar-refractivity contribution in [3.63, 3.8) is 0 Å². The lowest BCUT2D eigenvalue weighted by molar-refractivity contribution is 0.0195. The van der Waals surface area contributed by atoms with Crippen molar-refractivity contribution in [1.82, 2.24) is 20.0 Å². The van der Waals surface area contributed by atoms with Crippen LogP contribution in [-0.4, -0.2) is 99.3 Å². The molecule has 2 unspecified atom stereocenters. The first-order valence-corrected chi connectivity index (χ1v) is 9.80. The number of hydrogen-bond acceptors (Lipinski definition) is 4. The van der Waals surface area contributed by atoms with Crippen LogP contribution >= 0.6 is 0 Å². The van der Waals surface area contributed by atoms with Crippen molar-refractivity contribution in [2.75, 3.05) is 72.6 Å². The zero-order valence-electron chi connectivity index (χ0n) is 15.5. The number of rotatable bonds is 4. The molecule has 0 aliphatic carbocycles. The number of guanidine groups is 1. The number of morpholine rings is 1. The lowest BCUT2D eigenvalue weighted by atomic mass is 9.99. The van der Waals surface area contributed by atoms with Crippen molar-refractivity contribution < 1.29 is 4.74 Å². The number of aliphatic imine (C=N–C) groups is 1. The average molecular weight is 338 g/mol. The first-order chi connectivity index (χ1) is 11.8. The van der Waals surface area contributed by atoms with E-state index in [0.29, 0.717) is 6.04 Å². The number of ether oxygens (including phenoxy) is 1. The van der Waals surface area contributed by atoms with E-state index in [1.165, 1.54) is 32.4 Å². The minimum Gasteiger partial charge on any atom is -0.379 e. The van der Waals surface area contributed by atoms with Crippen molar-refractivity contribution in [2.24, 2.45) is 10.9 Å². The van der Waals surface area contributed by atoms with Gasteiger partial charge in [0.1, 0.15) is 0 Å². The van der Waals surface area contributed by atoms with Gasteiger partial charge in [0.25, 0.3) is 0 Å². The molecular weight excluding hydrogens is 302 g/mol. The second kappa shape index (κ2) is 9.02. The maximum atomic E-state index is 5.49. The molecule has 2 atom stereocenters. The first kappa shape index (κ1) is 18.0. The molecule has 3 aliphatic heterocycles. The van der Waals surface area contributed by atoms with Crippen LogP contribution in [0.3, 0.4) is 0 Å². The minimum absolute atomic E-state index is 0.665. The van der Waals surface area contributed by atoms with Gasteiger partial charge in [0.2, 0.25) is 0 Å². The van der Waals surface area contributed by atoms with E-state index in [1.807, 2.05) is 0 Å². The van der Waals surface area contributed by atoms with Crippen LogP contribution in [0.2, 0.25) is 0 Å². The molecule has 24 heavy (non-hydrogen) atoms. The van der Waals surface area contributed by atoms with Crippen molar-refractivity contribution in [3.05, 3.63) is 0 Å². The summed E-state index contributed by atoms with van der Waals surface area (Å²) in [6.07, 6.45) is 3.89. The van der Waals surface area contributed by atoms with Crippen molar-refractivity contribution >= 4 is 5.96 Å². The van der Waals surface area contributed by atoms with Gasteiger partial charge in [-0.1, -0.05) is 0 Å². The highest BCUT2D eigenvalue weighted by atomic mass is 16.5. The monoisotopic (exact) mass is 337 g/mol. The molecule has 0 bridgehead atoms. The Hall–Kier alpha value is -0.850. The maximum Gasteiger partial charge on any atom is 0.193 e. The maximum absolute atomic E-state index is 5.49. The molecule has 0 aromatic heterocycles. The van der Waals surface area contributed by atoms with Crippen molar-refractivity contribution in [2.45, 2.75) is 32.2 Å². The third-order valence-electron chi connectivity index (χ3n) is 5.58. The Kier molecular flexibility index (Phi) is 6.75. The molecule has 138 valence electrons. The molecule has 0 aromatic carbocycles. The SMILES string of the molecule is CCNC(=NCC1CCCN(C)C1)N1CCC(N2CCOCC2)C1. The highest BCUT2D eigenvalue weighted by Crippen LogP contribution is 2.18. The standard InChI is InChI=1S/C18H35N5O/c1-3-19-18(20-13-16-5-4-7-21(2)14-16)23-8-6-17(15-23)22-9-11-24-12-10-22/h16-17H,3-15H2,1-2H3,(H,19,20). The average Bonchev–Trinajstić information content (AvgIpc) is 3.09. The lowest BCUT2D eigenvalue weighted by Crippen LogP contribution is -2.47. The zero-order chi connectivity index (χ0) is 16.8. The Morgan fingerprint density at radius 3 is 2.71 bits per heavy atom. The van der Waals surface area contributed by atoms with Gasteiger partial charge in [0, 0.05) is 51.9 Å². The molecule has 6 heteroatoms. The molecule has 0 radical (unpaired) electrons. The fraction of sp³-hybridized carbons (Fsp3) is 0.944. The van der Waals surface area contributed by atoms with E-state index in [9.17, 15) is 0 Å². The van der Waals surface area contributed by atoms with E-state index >= 15 is 0 Å². The van der Waals surface area contributed by atoms with Gasteiger partial charge in [-0.2, -0.15) is 0 Å². The predicted octanol–water partition coefficient (Wildman–Crippen LogP) is 0.700. The first-order valence-electron chi connectivity index (χ1n) is 9.80. The molecule has 3 rings (SSSR count). The third kappa shape index (κ3) is 4.83.